The second-order valence-electron chi connectivity index (χ2n) is 6.24. The Labute approximate surface area is 168 Å². The van der Waals surface area contributed by atoms with Crippen molar-refractivity contribution in [3.05, 3.63) is 58.0 Å². The Bertz CT molecular complexity index is 987. The van der Waals surface area contributed by atoms with Crippen LogP contribution in [0.5, 0.6) is 5.75 Å². The number of carbonyl (C=O) groups excluding carboxylic acids is 1. The minimum absolute atomic E-state index is 0.0568. The third-order valence-corrected chi connectivity index (χ3v) is 6.03. The second kappa shape index (κ2) is 9.22. The van der Waals surface area contributed by atoms with Gasteiger partial charge in [0.25, 0.3) is 5.56 Å². The van der Waals surface area contributed by atoms with Gasteiger partial charge < -0.3 is 14.2 Å². The topological polar surface area (TPSA) is 88.9 Å². The first-order valence-corrected chi connectivity index (χ1v) is 10.2. The fourth-order valence-electron chi connectivity index (χ4n) is 2.22. The maximum atomic E-state index is 12.4. The molecule has 1 aromatic heterocycles. The second-order valence-corrected chi connectivity index (χ2v) is 8.82. The van der Waals surface area contributed by atoms with E-state index in [-0.39, 0.29) is 24.0 Å². The molecule has 0 aliphatic rings. The normalized spacial score (nSPS) is 11.5. The Morgan fingerprint density at radius 3 is 2.36 bits per heavy atom. The maximum Gasteiger partial charge on any atom is 0.251 e. The molecule has 0 N–H and O–H groups in total. The molecule has 2 rings (SSSR count). The molecule has 1 aromatic carbocycles. The van der Waals surface area contributed by atoms with E-state index in [2.05, 4.69) is 0 Å². The summed E-state index contributed by atoms with van der Waals surface area (Å²) in [4.78, 5) is 25.7. The summed E-state index contributed by atoms with van der Waals surface area (Å²) in [6, 6.07) is 9.20. The van der Waals surface area contributed by atoms with Gasteiger partial charge in [0.05, 0.1) is 11.4 Å². The van der Waals surface area contributed by atoms with Gasteiger partial charge in [-0.1, -0.05) is 11.6 Å². The van der Waals surface area contributed by atoms with Crippen molar-refractivity contribution in [3.63, 3.8) is 0 Å². The van der Waals surface area contributed by atoms with E-state index >= 15 is 0 Å². The number of amides is 1. The Balaban J connectivity index is 1.99. The van der Waals surface area contributed by atoms with Crippen molar-refractivity contribution in [1.82, 2.24) is 13.8 Å². The van der Waals surface area contributed by atoms with Crippen molar-refractivity contribution < 1.29 is 17.9 Å². The van der Waals surface area contributed by atoms with Crippen LogP contribution < -0.4 is 10.3 Å². The summed E-state index contributed by atoms with van der Waals surface area (Å²) in [5.41, 5.74) is -0.461. The first kappa shape index (κ1) is 21.9. The number of likely N-dealkylation sites (N-methyl/N-ethyl adjacent to an activating group) is 1. The Morgan fingerprint density at radius 2 is 1.75 bits per heavy atom. The number of hydrogen-bond donors (Lipinski definition) is 0. The first-order valence-electron chi connectivity index (χ1n) is 8.36. The summed E-state index contributed by atoms with van der Waals surface area (Å²) >= 11 is 5.81. The molecule has 152 valence electrons. The molecule has 2 aromatic rings. The Hall–Kier alpha value is -2.36. The lowest BCUT2D eigenvalue weighted by Gasteiger charge is -2.19. The zero-order chi connectivity index (χ0) is 20.9. The number of rotatable bonds is 8. The van der Waals surface area contributed by atoms with Gasteiger partial charge in [-0.2, -0.15) is 0 Å². The zero-order valence-electron chi connectivity index (χ0n) is 15.8. The largest absolute Gasteiger partial charge is 0.492 e. The lowest BCUT2D eigenvalue weighted by Crippen LogP contribution is -2.36. The molecule has 1 heterocycles. The van der Waals surface area contributed by atoms with E-state index in [1.54, 1.807) is 31.3 Å². The molecule has 0 unspecified atom stereocenters. The number of benzene rings is 1. The van der Waals surface area contributed by atoms with Crippen LogP contribution in [0, 0.1) is 0 Å². The molecule has 0 saturated carbocycles. The average Bonchev–Trinajstić information content (AvgIpc) is 2.64. The number of pyridine rings is 1. The van der Waals surface area contributed by atoms with Gasteiger partial charge in [-0.05, 0) is 30.3 Å². The van der Waals surface area contributed by atoms with Crippen molar-refractivity contribution >= 4 is 27.5 Å². The van der Waals surface area contributed by atoms with Gasteiger partial charge in [0.15, 0.2) is 0 Å². The molecule has 10 heteroatoms. The molecule has 0 radical (unpaired) electrons. The van der Waals surface area contributed by atoms with E-state index in [0.29, 0.717) is 17.3 Å². The number of halogens is 1. The number of hydrogen-bond acceptors (Lipinski definition) is 5. The quantitative estimate of drug-likeness (QED) is 0.633. The van der Waals surface area contributed by atoms with E-state index in [4.69, 9.17) is 16.3 Å². The maximum absolute atomic E-state index is 12.4. The van der Waals surface area contributed by atoms with Crippen molar-refractivity contribution in [3.8, 4) is 5.75 Å². The third-order valence-electron chi connectivity index (χ3n) is 3.98. The molecule has 28 heavy (non-hydrogen) atoms. The first-order chi connectivity index (χ1) is 13.1. The molecule has 0 fully saturated rings. The smallest absolute Gasteiger partial charge is 0.251 e. The van der Waals surface area contributed by atoms with E-state index in [9.17, 15) is 18.0 Å². The molecule has 0 bridgehead atoms. The minimum Gasteiger partial charge on any atom is -0.492 e. The standard InChI is InChI=1S/C18H22ClN3O5S/c1-20(2)28(25,26)16-8-9-17(23)22(12-16)13-18(24)21(3)10-11-27-15-6-4-14(19)5-7-15/h4-9,12H,10-11,13H2,1-3H3. The van der Waals surface area contributed by atoms with Crippen LogP contribution in [-0.2, 0) is 21.4 Å². The fraction of sp³-hybridized carbons (Fsp3) is 0.333. The van der Waals surface area contributed by atoms with Crippen LogP contribution in [0.1, 0.15) is 0 Å². The van der Waals surface area contributed by atoms with Crippen LogP contribution in [0.25, 0.3) is 0 Å². The van der Waals surface area contributed by atoms with Crippen LogP contribution in [0.4, 0.5) is 0 Å². The van der Waals surface area contributed by atoms with E-state index < -0.39 is 15.6 Å². The highest BCUT2D eigenvalue weighted by molar-refractivity contribution is 7.89. The zero-order valence-corrected chi connectivity index (χ0v) is 17.4. The van der Waals surface area contributed by atoms with Crippen LogP contribution in [0.3, 0.4) is 0 Å². The van der Waals surface area contributed by atoms with Crippen LogP contribution in [-0.4, -0.2) is 62.4 Å². The Morgan fingerprint density at radius 1 is 1.11 bits per heavy atom. The highest BCUT2D eigenvalue weighted by Gasteiger charge is 2.19. The summed E-state index contributed by atoms with van der Waals surface area (Å²) in [7, 11) is 0.668. The van der Waals surface area contributed by atoms with Crippen LogP contribution >= 0.6 is 11.6 Å². The Kier molecular flexibility index (Phi) is 7.22. The molecule has 0 aliphatic heterocycles. The number of carbonyl (C=O) groups is 1. The minimum atomic E-state index is -3.70. The van der Waals surface area contributed by atoms with E-state index in [1.807, 2.05) is 0 Å². The lowest BCUT2D eigenvalue weighted by molar-refractivity contribution is -0.130. The van der Waals surface area contributed by atoms with E-state index in [0.717, 1.165) is 14.9 Å². The molecular formula is C18H22ClN3O5S. The van der Waals surface area contributed by atoms with E-state index in [1.165, 1.54) is 31.3 Å². The summed E-state index contributed by atoms with van der Waals surface area (Å²) in [6.45, 7) is 0.285. The summed E-state index contributed by atoms with van der Waals surface area (Å²) in [5.74, 6) is 0.282. The monoisotopic (exact) mass is 427 g/mol. The van der Waals surface area contributed by atoms with Gasteiger partial charge in [0.2, 0.25) is 15.9 Å². The van der Waals surface area contributed by atoms with Gasteiger partial charge >= 0.3 is 0 Å². The number of sulfonamides is 1. The molecular weight excluding hydrogens is 406 g/mol. The van der Waals surface area contributed by atoms with Crippen LogP contribution in [0.15, 0.2) is 52.3 Å². The lowest BCUT2D eigenvalue weighted by atomic mass is 10.3. The number of aromatic nitrogens is 1. The van der Waals surface area contributed by atoms with Gasteiger partial charge in [-0.15, -0.1) is 0 Å². The van der Waals surface area contributed by atoms with Gasteiger partial charge in [-0.25, -0.2) is 12.7 Å². The molecule has 8 nitrogen and oxygen atoms in total. The highest BCUT2D eigenvalue weighted by Crippen LogP contribution is 2.15. The van der Waals surface area contributed by atoms with Crippen LogP contribution in [0.2, 0.25) is 5.02 Å². The fourth-order valence-corrected chi connectivity index (χ4v) is 3.27. The average molecular weight is 428 g/mol. The van der Waals surface area contributed by atoms with Crippen molar-refractivity contribution in [2.45, 2.75) is 11.4 Å². The third kappa shape index (κ3) is 5.57. The van der Waals surface area contributed by atoms with Crippen molar-refractivity contribution in [2.24, 2.45) is 0 Å². The van der Waals surface area contributed by atoms with Crippen molar-refractivity contribution in [2.75, 3.05) is 34.3 Å². The van der Waals surface area contributed by atoms with Gasteiger partial charge in [0, 0.05) is 38.4 Å². The molecule has 0 saturated heterocycles. The molecule has 0 atom stereocenters. The SMILES string of the molecule is CN(CCOc1ccc(Cl)cc1)C(=O)Cn1cc(S(=O)(=O)N(C)C)ccc1=O. The van der Waals surface area contributed by atoms with Crippen molar-refractivity contribution in [1.29, 1.82) is 0 Å². The predicted octanol–water partition coefficient (Wildman–Crippen LogP) is 1.29. The molecule has 0 spiro atoms. The summed E-state index contributed by atoms with van der Waals surface area (Å²) in [6.07, 6.45) is 1.17. The summed E-state index contributed by atoms with van der Waals surface area (Å²) < 4.78 is 32.1. The number of ether oxygens (including phenoxy) is 1. The van der Waals surface area contributed by atoms with Gasteiger partial charge in [-0.3, -0.25) is 9.59 Å². The molecule has 1 amide bonds. The summed E-state index contributed by atoms with van der Waals surface area (Å²) in [5, 5.41) is 0.601. The van der Waals surface area contributed by atoms with Gasteiger partial charge in [0.1, 0.15) is 18.9 Å². The predicted molar refractivity (Wildman–Crippen MR) is 106 cm³/mol. The number of nitrogens with zero attached hydrogens (tertiary/aromatic N) is 3. The highest BCUT2D eigenvalue weighted by atomic mass is 35.5. The molecule has 0 aliphatic carbocycles.